The zero-order chi connectivity index (χ0) is 14.6. The van der Waals surface area contributed by atoms with Crippen molar-refractivity contribution in [3.8, 4) is 0 Å². The Morgan fingerprint density at radius 3 is 2.26 bits per heavy atom. The molecule has 0 spiro atoms. The van der Waals surface area contributed by atoms with Crippen LogP contribution in [0.1, 0.15) is 33.3 Å². The van der Waals surface area contributed by atoms with Crippen LogP contribution in [0.5, 0.6) is 0 Å². The molecule has 0 radical (unpaired) electrons. The first-order chi connectivity index (χ1) is 8.77. The van der Waals surface area contributed by atoms with Gasteiger partial charge < -0.3 is 5.73 Å². The van der Waals surface area contributed by atoms with Crippen LogP contribution >= 0.6 is 11.3 Å². The summed E-state index contributed by atoms with van der Waals surface area (Å²) in [5.41, 5.74) is 6.36. The molecule has 0 fully saturated rings. The minimum absolute atomic E-state index is 0.337. The van der Waals surface area contributed by atoms with Crippen molar-refractivity contribution in [2.45, 2.75) is 38.4 Å². The van der Waals surface area contributed by atoms with Gasteiger partial charge in [-0.15, -0.1) is 11.3 Å². The highest BCUT2D eigenvalue weighted by molar-refractivity contribution is 7.91. The van der Waals surface area contributed by atoms with E-state index >= 15 is 0 Å². The fourth-order valence-corrected chi connectivity index (χ4v) is 4.46. The summed E-state index contributed by atoms with van der Waals surface area (Å²) in [6.07, 6.45) is 0. The Morgan fingerprint density at radius 2 is 1.84 bits per heavy atom. The highest BCUT2D eigenvalue weighted by atomic mass is 32.2. The van der Waals surface area contributed by atoms with Gasteiger partial charge in [-0.05, 0) is 34.8 Å². The van der Waals surface area contributed by atoms with Crippen LogP contribution in [0.4, 0.5) is 0 Å². The Balaban J connectivity index is 2.74. The smallest absolute Gasteiger partial charge is 0.250 e. The summed E-state index contributed by atoms with van der Waals surface area (Å²) in [5, 5.41) is 1.79. The van der Waals surface area contributed by atoms with Crippen LogP contribution in [-0.4, -0.2) is 15.0 Å². The third-order valence-corrected chi connectivity index (χ3v) is 6.26. The Morgan fingerprint density at radius 1 is 1.26 bits per heavy atom. The average Bonchev–Trinajstić information content (AvgIpc) is 2.77. The van der Waals surface area contributed by atoms with Gasteiger partial charge in [-0.3, -0.25) is 0 Å². The molecule has 1 aromatic heterocycles. The lowest BCUT2D eigenvalue weighted by Crippen LogP contribution is -2.33. The molecule has 0 aliphatic rings. The van der Waals surface area contributed by atoms with Crippen molar-refractivity contribution in [2.75, 3.05) is 6.54 Å². The van der Waals surface area contributed by atoms with E-state index < -0.39 is 10.0 Å². The van der Waals surface area contributed by atoms with Crippen LogP contribution in [0.25, 0.3) is 0 Å². The second-order valence-electron chi connectivity index (χ2n) is 5.48. The Bertz CT molecular complexity index is 484. The maximum atomic E-state index is 12.2. The van der Waals surface area contributed by atoms with Crippen LogP contribution in [0, 0.1) is 17.8 Å². The number of nitrogens with two attached hydrogens (primary N) is 1. The van der Waals surface area contributed by atoms with E-state index in [2.05, 4.69) is 32.4 Å². The van der Waals surface area contributed by atoms with Crippen molar-refractivity contribution < 1.29 is 8.42 Å². The maximum Gasteiger partial charge on any atom is 0.250 e. The van der Waals surface area contributed by atoms with Crippen molar-refractivity contribution in [1.82, 2.24) is 4.72 Å². The molecule has 4 nitrogen and oxygen atoms in total. The Labute approximate surface area is 120 Å². The molecule has 1 rings (SSSR count). The normalized spacial score (nSPS) is 12.8. The van der Waals surface area contributed by atoms with Gasteiger partial charge in [0.1, 0.15) is 4.21 Å². The van der Waals surface area contributed by atoms with E-state index in [9.17, 15) is 8.42 Å². The number of nitrogens with one attached hydrogen (secondary N) is 1. The molecule has 0 amide bonds. The van der Waals surface area contributed by atoms with Crippen molar-refractivity contribution in [3.63, 3.8) is 0 Å². The molecule has 3 N–H and O–H groups in total. The first-order valence-corrected chi connectivity index (χ1v) is 8.91. The summed E-state index contributed by atoms with van der Waals surface area (Å²) >= 11 is 1.22. The largest absolute Gasteiger partial charge is 0.326 e. The predicted octanol–water partition coefficient (Wildman–Crippen LogP) is 2.41. The minimum atomic E-state index is -3.40. The first kappa shape index (κ1) is 16.6. The summed E-state index contributed by atoms with van der Waals surface area (Å²) in [7, 11) is -3.40. The number of rotatable bonds is 7. The zero-order valence-corrected chi connectivity index (χ0v) is 13.6. The summed E-state index contributed by atoms with van der Waals surface area (Å²) in [5.74, 6) is 1.24. The average molecular weight is 304 g/mol. The molecular weight excluding hydrogens is 280 g/mol. The van der Waals surface area contributed by atoms with Gasteiger partial charge >= 0.3 is 0 Å². The Hall–Kier alpha value is -0.430. The second kappa shape index (κ2) is 6.83. The quantitative estimate of drug-likeness (QED) is 0.812. The van der Waals surface area contributed by atoms with Crippen molar-refractivity contribution in [1.29, 1.82) is 0 Å². The van der Waals surface area contributed by atoms with E-state index in [-0.39, 0.29) is 0 Å². The molecule has 0 aromatic carbocycles. The van der Waals surface area contributed by atoms with Gasteiger partial charge in [-0.2, -0.15) is 0 Å². The van der Waals surface area contributed by atoms with E-state index in [0.717, 1.165) is 5.56 Å². The molecular formula is C13H24N2O2S2. The summed E-state index contributed by atoms with van der Waals surface area (Å²) in [6.45, 7) is 9.33. The predicted molar refractivity (Wildman–Crippen MR) is 80.6 cm³/mol. The molecule has 0 unspecified atom stereocenters. The first-order valence-electron chi connectivity index (χ1n) is 6.55. The van der Waals surface area contributed by atoms with Gasteiger partial charge in [-0.1, -0.05) is 27.7 Å². The molecule has 1 aromatic rings. The molecule has 0 atom stereocenters. The molecule has 0 saturated heterocycles. The van der Waals surface area contributed by atoms with Gasteiger partial charge in [0.15, 0.2) is 0 Å². The summed E-state index contributed by atoms with van der Waals surface area (Å²) < 4.78 is 27.4. The van der Waals surface area contributed by atoms with Crippen LogP contribution in [0.15, 0.2) is 15.7 Å². The third-order valence-electron chi connectivity index (χ3n) is 3.35. The van der Waals surface area contributed by atoms with Crippen LogP contribution in [0.2, 0.25) is 0 Å². The molecule has 0 bridgehead atoms. The lowest BCUT2D eigenvalue weighted by molar-refractivity contribution is 0.289. The fourth-order valence-electron chi connectivity index (χ4n) is 2.12. The van der Waals surface area contributed by atoms with Gasteiger partial charge in [0, 0.05) is 13.1 Å². The number of hydrogen-bond donors (Lipinski definition) is 2. The van der Waals surface area contributed by atoms with Crippen molar-refractivity contribution in [2.24, 2.45) is 23.5 Å². The van der Waals surface area contributed by atoms with Crippen LogP contribution < -0.4 is 10.5 Å². The fraction of sp³-hybridized carbons (Fsp3) is 0.692. The van der Waals surface area contributed by atoms with E-state index in [4.69, 9.17) is 5.73 Å². The molecule has 0 saturated carbocycles. The zero-order valence-electron chi connectivity index (χ0n) is 12.0. The standard InChI is InChI=1S/C13H24N2O2S2/c1-9(2)12(10(3)4)7-15-19(16,17)13-5-11(6-14)8-18-13/h5,8-10,12,15H,6-7,14H2,1-4H3. The number of hydrogen-bond acceptors (Lipinski definition) is 4. The van der Waals surface area contributed by atoms with Gasteiger partial charge in [0.25, 0.3) is 0 Å². The Kier molecular flexibility index (Phi) is 5.98. The minimum Gasteiger partial charge on any atom is -0.326 e. The van der Waals surface area contributed by atoms with Crippen molar-refractivity contribution >= 4 is 21.4 Å². The summed E-state index contributed by atoms with van der Waals surface area (Å²) in [4.78, 5) is 0. The lowest BCUT2D eigenvalue weighted by atomic mass is 9.86. The monoisotopic (exact) mass is 304 g/mol. The van der Waals surface area contributed by atoms with Crippen molar-refractivity contribution in [3.05, 3.63) is 17.0 Å². The number of sulfonamides is 1. The van der Waals surface area contributed by atoms with Crippen LogP contribution in [-0.2, 0) is 16.6 Å². The maximum absolute atomic E-state index is 12.2. The highest BCUT2D eigenvalue weighted by Gasteiger charge is 2.22. The SMILES string of the molecule is CC(C)C(CNS(=O)(=O)c1cc(CN)cs1)C(C)C. The summed E-state index contributed by atoms with van der Waals surface area (Å²) in [6, 6.07) is 1.65. The molecule has 110 valence electrons. The third kappa shape index (κ3) is 4.56. The van der Waals surface area contributed by atoms with Crippen LogP contribution in [0.3, 0.4) is 0 Å². The molecule has 0 aliphatic carbocycles. The van der Waals surface area contributed by atoms with E-state index in [1.807, 2.05) is 0 Å². The molecule has 1 heterocycles. The molecule has 0 aliphatic heterocycles. The lowest BCUT2D eigenvalue weighted by Gasteiger charge is -2.24. The number of thiophene rings is 1. The van der Waals surface area contributed by atoms with E-state index in [1.165, 1.54) is 11.3 Å². The second-order valence-corrected chi connectivity index (χ2v) is 8.39. The molecule has 19 heavy (non-hydrogen) atoms. The van der Waals surface area contributed by atoms with E-state index in [0.29, 0.717) is 35.1 Å². The van der Waals surface area contributed by atoms with E-state index in [1.54, 1.807) is 11.4 Å². The van der Waals surface area contributed by atoms with Gasteiger partial charge in [0.05, 0.1) is 0 Å². The topological polar surface area (TPSA) is 72.2 Å². The molecule has 6 heteroatoms. The van der Waals surface area contributed by atoms with Gasteiger partial charge in [0.2, 0.25) is 10.0 Å². The van der Waals surface area contributed by atoms with Gasteiger partial charge in [-0.25, -0.2) is 13.1 Å². The highest BCUT2D eigenvalue weighted by Crippen LogP contribution is 2.23.